The Labute approximate surface area is 193 Å². The largest absolute Gasteiger partial charge is 0.872 e. The Morgan fingerprint density at radius 3 is 2.52 bits per heavy atom. The van der Waals surface area contributed by atoms with Gasteiger partial charge in [0, 0.05) is 49.0 Å². The second-order valence-corrected chi connectivity index (χ2v) is 8.16. The van der Waals surface area contributed by atoms with Crippen LogP contribution in [0.15, 0.2) is 48.4 Å². The topological polar surface area (TPSA) is 77.2 Å². The summed E-state index contributed by atoms with van der Waals surface area (Å²) in [5.41, 5.74) is 2.98. The summed E-state index contributed by atoms with van der Waals surface area (Å²) in [5.74, 6) is 0.295. The molecule has 1 aromatic heterocycles. The SMILES string of the molecule is CCn1cc(/C=C2\Oc3c(ccc([O-])c3C[NH+](CCOC)CCOC)C2=O)c2ccccc21. The van der Waals surface area contributed by atoms with Gasteiger partial charge in [0.2, 0.25) is 5.78 Å². The number of methoxy groups -OCH3 is 2. The lowest BCUT2D eigenvalue weighted by molar-refractivity contribution is -0.914. The molecule has 0 bridgehead atoms. The first-order valence-electron chi connectivity index (χ1n) is 11.2. The first-order valence-corrected chi connectivity index (χ1v) is 11.2. The minimum absolute atomic E-state index is 0.127. The molecular weight excluding hydrogens is 420 g/mol. The third kappa shape index (κ3) is 4.66. The fourth-order valence-corrected chi connectivity index (χ4v) is 4.29. The van der Waals surface area contributed by atoms with Crippen LogP contribution >= 0.6 is 0 Å². The van der Waals surface area contributed by atoms with Gasteiger partial charge in [-0.05, 0) is 25.1 Å². The van der Waals surface area contributed by atoms with Crippen molar-refractivity contribution in [2.75, 3.05) is 40.5 Å². The van der Waals surface area contributed by atoms with E-state index in [2.05, 4.69) is 17.6 Å². The van der Waals surface area contributed by atoms with Gasteiger partial charge in [-0.3, -0.25) is 4.79 Å². The molecular formula is C26H30N2O5. The number of nitrogens with zero attached hydrogens (tertiary/aromatic N) is 1. The van der Waals surface area contributed by atoms with Gasteiger partial charge in [-0.25, -0.2) is 0 Å². The summed E-state index contributed by atoms with van der Waals surface area (Å²) in [6.45, 7) is 5.91. The van der Waals surface area contributed by atoms with Crippen molar-refractivity contribution in [3.63, 3.8) is 0 Å². The fourth-order valence-electron chi connectivity index (χ4n) is 4.29. The smallest absolute Gasteiger partial charge is 0.231 e. The highest BCUT2D eigenvalue weighted by atomic mass is 16.5. The molecule has 0 aliphatic carbocycles. The maximum Gasteiger partial charge on any atom is 0.231 e. The van der Waals surface area contributed by atoms with E-state index in [9.17, 15) is 9.90 Å². The average Bonchev–Trinajstić information content (AvgIpc) is 3.35. The number of quaternary nitrogens is 1. The first kappa shape index (κ1) is 23.0. The third-order valence-electron chi connectivity index (χ3n) is 6.09. The molecule has 7 heteroatoms. The number of hydrogen-bond acceptors (Lipinski definition) is 5. The molecule has 7 nitrogen and oxygen atoms in total. The number of Topliss-reactive ketones (excluding diaryl/α,β-unsaturated/α-hetero) is 1. The zero-order chi connectivity index (χ0) is 23.4. The Hall–Kier alpha value is -3.13. The molecule has 33 heavy (non-hydrogen) atoms. The van der Waals surface area contributed by atoms with E-state index in [-0.39, 0.29) is 17.3 Å². The minimum atomic E-state index is -0.199. The Morgan fingerprint density at radius 2 is 1.82 bits per heavy atom. The summed E-state index contributed by atoms with van der Waals surface area (Å²) in [5, 5.41) is 13.8. The predicted molar refractivity (Wildman–Crippen MR) is 125 cm³/mol. The summed E-state index contributed by atoms with van der Waals surface area (Å²) >= 11 is 0. The molecule has 0 spiro atoms. The van der Waals surface area contributed by atoms with Crippen LogP contribution in [-0.2, 0) is 22.6 Å². The third-order valence-corrected chi connectivity index (χ3v) is 6.09. The van der Waals surface area contributed by atoms with Crippen LogP contribution in [0.5, 0.6) is 11.5 Å². The van der Waals surface area contributed by atoms with Crippen molar-refractivity contribution in [3.05, 3.63) is 65.0 Å². The number of nitrogens with one attached hydrogen (secondary N) is 1. The molecule has 2 aromatic carbocycles. The molecule has 0 atom stereocenters. The standard InChI is InChI=1S/C26H30N2O5/c1-4-28-16-18(19-7-5-6-8-22(19)28)15-24-25(30)20-9-10-23(29)21(26(20)33-24)17-27(11-13-31-2)12-14-32-3/h5-10,15-16,29H,4,11-14,17H2,1-3H3/b24-15-. The monoisotopic (exact) mass is 450 g/mol. The van der Waals surface area contributed by atoms with Crippen LogP contribution in [0.3, 0.4) is 0 Å². The number of hydrogen-bond donors (Lipinski definition) is 1. The maximum absolute atomic E-state index is 13.2. The van der Waals surface area contributed by atoms with E-state index in [0.717, 1.165) is 41.0 Å². The zero-order valence-corrected chi connectivity index (χ0v) is 19.3. The average molecular weight is 451 g/mol. The molecule has 174 valence electrons. The number of carbonyl (C=O) groups is 1. The van der Waals surface area contributed by atoms with Crippen LogP contribution in [0.2, 0.25) is 0 Å². The van der Waals surface area contributed by atoms with Gasteiger partial charge in [-0.2, -0.15) is 0 Å². The number of rotatable bonds is 10. The van der Waals surface area contributed by atoms with Gasteiger partial charge >= 0.3 is 0 Å². The lowest BCUT2D eigenvalue weighted by atomic mass is 10.0. The molecule has 1 aliphatic heterocycles. The molecule has 0 amide bonds. The van der Waals surface area contributed by atoms with Gasteiger partial charge in [0.1, 0.15) is 25.4 Å². The lowest BCUT2D eigenvalue weighted by Gasteiger charge is -2.23. The van der Waals surface area contributed by atoms with E-state index in [1.54, 1.807) is 26.4 Å². The number of allylic oxidation sites excluding steroid dienone is 1. The van der Waals surface area contributed by atoms with E-state index in [0.29, 0.717) is 36.6 Å². The molecule has 0 saturated carbocycles. The second kappa shape index (κ2) is 10.2. The number of fused-ring (bicyclic) bond motifs is 2. The Bertz CT molecular complexity index is 1170. The normalized spacial score (nSPS) is 14.4. The molecule has 0 radical (unpaired) electrons. The van der Waals surface area contributed by atoms with Crippen molar-refractivity contribution >= 4 is 22.8 Å². The number of benzene rings is 2. The van der Waals surface area contributed by atoms with E-state index in [1.807, 2.05) is 24.4 Å². The summed E-state index contributed by atoms with van der Waals surface area (Å²) < 4.78 is 18.7. The predicted octanol–water partition coefficient (Wildman–Crippen LogP) is 2.03. The number of ether oxygens (including phenoxy) is 3. The molecule has 0 unspecified atom stereocenters. The molecule has 1 N–H and O–H groups in total. The van der Waals surface area contributed by atoms with Crippen LogP contribution in [0, 0.1) is 0 Å². The van der Waals surface area contributed by atoms with Gasteiger partial charge in [-0.15, -0.1) is 0 Å². The first-order chi connectivity index (χ1) is 16.1. The molecule has 0 saturated heterocycles. The molecule has 2 heterocycles. The Balaban J connectivity index is 1.67. The van der Waals surface area contributed by atoms with Crippen molar-refractivity contribution in [3.8, 4) is 11.5 Å². The molecule has 0 fully saturated rings. The quantitative estimate of drug-likeness (QED) is 0.479. The van der Waals surface area contributed by atoms with Gasteiger partial charge < -0.3 is 28.8 Å². The second-order valence-electron chi connectivity index (χ2n) is 8.16. The van der Waals surface area contributed by atoms with Crippen molar-refractivity contribution < 1.29 is 29.0 Å². The van der Waals surface area contributed by atoms with Gasteiger partial charge in [0.05, 0.1) is 18.8 Å². The molecule has 1 aliphatic rings. The Morgan fingerprint density at radius 1 is 1.09 bits per heavy atom. The van der Waals surface area contributed by atoms with Crippen molar-refractivity contribution in [1.29, 1.82) is 0 Å². The van der Waals surface area contributed by atoms with Crippen LogP contribution < -0.4 is 14.7 Å². The Kier molecular flexibility index (Phi) is 7.13. The minimum Gasteiger partial charge on any atom is -0.872 e. The number of para-hydroxylation sites is 1. The highest BCUT2D eigenvalue weighted by molar-refractivity contribution is 6.15. The zero-order valence-electron chi connectivity index (χ0n) is 19.3. The van der Waals surface area contributed by atoms with Crippen LogP contribution in [0.4, 0.5) is 0 Å². The number of carbonyl (C=O) groups excluding carboxylic acids is 1. The summed E-state index contributed by atoms with van der Waals surface area (Å²) in [6, 6.07) is 11.1. The number of ketones is 1. The van der Waals surface area contributed by atoms with Gasteiger partial charge in [0.15, 0.2) is 5.76 Å². The summed E-state index contributed by atoms with van der Waals surface area (Å²) in [4.78, 5) is 14.3. The fraction of sp³-hybridized carbons (Fsp3) is 0.346. The van der Waals surface area contributed by atoms with Crippen LogP contribution in [0.1, 0.15) is 28.4 Å². The summed E-state index contributed by atoms with van der Waals surface area (Å²) in [7, 11) is 3.31. The van der Waals surface area contributed by atoms with Crippen molar-refractivity contribution in [2.45, 2.75) is 20.0 Å². The number of aryl methyl sites for hydroxylation is 1. The van der Waals surface area contributed by atoms with E-state index in [4.69, 9.17) is 14.2 Å². The lowest BCUT2D eigenvalue weighted by Crippen LogP contribution is -3.11. The highest BCUT2D eigenvalue weighted by Crippen LogP contribution is 2.38. The van der Waals surface area contributed by atoms with Crippen LogP contribution in [0.25, 0.3) is 17.0 Å². The van der Waals surface area contributed by atoms with Gasteiger partial charge in [-0.1, -0.05) is 30.0 Å². The van der Waals surface area contributed by atoms with Crippen molar-refractivity contribution in [2.24, 2.45) is 0 Å². The maximum atomic E-state index is 13.2. The van der Waals surface area contributed by atoms with Crippen LogP contribution in [-0.4, -0.2) is 50.9 Å². The number of aromatic nitrogens is 1. The molecule has 4 rings (SSSR count). The highest BCUT2D eigenvalue weighted by Gasteiger charge is 2.31. The molecule has 3 aromatic rings. The van der Waals surface area contributed by atoms with Crippen molar-refractivity contribution in [1.82, 2.24) is 4.57 Å². The van der Waals surface area contributed by atoms with E-state index < -0.39 is 0 Å². The summed E-state index contributed by atoms with van der Waals surface area (Å²) in [6.07, 6.45) is 3.81. The van der Waals surface area contributed by atoms with E-state index >= 15 is 0 Å². The van der Waals surface area contributed by atoms with Gasteiger partial charge in [0.25, 0.3) is 0 Å². The van der Waals surface area contributed by atoms with E-state index in [1.165, 1.54) is 6.07 Å².